The van der Waals surface area contributed by atoms with Crippen molar-refractivity contribution in [3.05, 3.63) is 81.2 Å². The van der Waals surface area contributed by atoms with Crippen LogP contribution in [0.1, 0.15) is 18.5 Å². The summed E-state index contributed by atoms with van der Waals surface area (Å²) in [5, 5.41) is 5.94. The number of halogens is 1. The second-order valence-corrected chi connectivity index (χ2v) is 8.07. The van der Waals surface area contributed by atoms with Crippen LogP contribution in [0, 0.1) is 6.92 Å². The lowest BCUT2D eigenvalue weighted by atomic mass is 10.1. The zero-order valence-electron chi connectivity index (χ0n) is 15.8. The normalized spacial score (nSPS) is 12.1. The topological polar surface area (TPSA) is 64.0 Å². The number of thiophene rings is 1. The summed E-state index contributed by atoms with van der Waals surface area (Å²) in [6.07, 6.45) is 1.44. The zero-order valence-corrected chi connectivity index (χ0v) is 17.4. The molecule has 5 nitrogen and oxygen atoms in total. The molecular weight excluding hydrogens is 406 g/mol. The summed E-state index contributed by atoms with van der Waals surface area (Å²) in [5.74, 6) is -0.272. The van der Waals surface area contributed by atoms with Crippen molar-refractivity contribution in [2.75, 3.05) is 5.32 Å². The number of benzene rings is 2. The first-order valence-electron chi connectivity index (χ1n) is 9.06. The van der Waals surface area contributed by atoms with Gasteiger partial charge in [-0.15, -0.1) is 11.3 Å². The van der Waals surface area contributed by atoms with Crippen molar-refractivity contribution in [3.63, 3.8) is 0 Å². The van der Waals surface area contributed by atoms with Gasteiger partial charge in [-0.2, -0.15) is 0 Å². The number of aryl methyl sites for hydroxylation is 1. The molecule has 0 aliphatic rings. The van der Waals surface area contributed by atoms with E-state index < -0.39 is 6.04 Å². The molecule has 0 aliphatic carbocycles. The van der Waals surface area contributed by atoms with E-state index in [1.165, 1.54) is 22.2 Å². The third kappa shape index (κ3) is 3.69. The van der Waals surface area contributed by atoms with E-state index in [0.717, 1.165) is 22.4 Å². The molecule has 1 unspecified atom stereocenters. The van der Waals surface area contributed by atoms with E-state index in [2.05, 4.69) is 10.3 Å². The quantitative estimate of drug-likeness (QED) is 0.485. The molecule has 2 heterocycles. The minimum atomic E-state index is -0.711. The number of nitrogens with one attached hydrogen (secondary N) is 1. The molecule has 2 aromatic carbocycles. The molecule has 0 fully saturated rings. The van der Waals surface area contributed by atoms with Crippen LogP contribution in [0.15, 0.2) is 65.0 Å². The fourth-order valence-electron chi connectivity index (χ4n) is 3.14. The van der Waals surface area contributed by atoms with Crippen molar-refractivity contribution in [1.29, 1.82) is 0 Å². The van der Waals surface area contributed by atoms with Crippen molar-refractivity contribution >= 4 is 44.7 Å². The van der Waals surface area contributed by atoms with E-state index in [9.17, 15) is 9.59 Å². The molecule has 0 spiro atoms. The molecule has 7 heteroatoms. The lowest BCUT2D eigenvalue weighted by Crippen LogP contribution is -2.31. The second kappa shape index (κ2) is 7.81. The Morgan fingerprint density at radius 1 is 1.17 bits per heavy atom. The number of carbonyl (C=O) groups excluding carboxylic acids is 1. The summed E-state index contributed by atoms with van der Waals surface area (Å²) in [7, 11) is 0. The molecule has 0 radical (unpaired) electrons. The van der Waals surface area contributed by atoms with Gasteiger partial charge < -0.3 is 5.32 Å². The number of aromatic nitrogens is 2. The Morgan fingerprint density at radius 2 is 1.90 bits per heavy atom. The van der Waals surface area contributed by atoms with Gasteiger partial charge in [0.25, 0.3) is 5.56 Å². The monoisotopic (exact) mass is 423 g/mol. The smallest absolute Gasteiger partial charge is 0.263 e. The Labute approximate surface area is 176 Å². The van der Waals surface area contributed by atoms with E-state index >= 15 is 0 Å². The lowest BCUT2D eigenvalue weighted by molar-refractivity contribution is -0.118. The van der Waals surface area contributed by atoms with Crippen LogP contribution in [0.2, 0.25) is 5.02 Å². The fraction of sp³-hybridized carbons (Fsp3) is 0.136. The molecule has 2 aromatic heterocycles. The predicted octanol–water partition coefficient (Wildman–Crippen LogP) is 5.29. The highest BCUT2D eigenvalue weighted by molar-refractivity contribution is 7.17. The van der Waals surface area contributed by atoms with Crippen LogP contribution in [0.3, 0.4) is 0 Å². The summed E-state index contributed by atoms with van der Waals surface area (Å²) >= 11 is 7.38. The maximum Gasteiger partial charge on any atom is 0.263 e. The molecule has 0 aliphatic heterocycles. The van der Waals surface area contributed by atoms with E-state index in [1.807, 2.05) is 48.7 Å². The van der Waals surface area contributed by atoms with Gasteiger partial charge in [-0.3, -0.25) is 14.2 Å². The Hall–Kier alpha value is -2.96. The van der Waals surface area contributed by atoms with Gasteiger partial charge in [-0.25, -0.2) is 4.98 Å². The van der Waals surface area contributed by atoms with E-state index in [4.69, 9.17) is 11.6 Å². The van der Waals surface area contributed by atoms with E-state index in [1.54, 1.807) is 19.1 Å². The van der Waals surface area contributed by atoms with Gasteiger partial charge in [0.05, 0.1) is 11.7 Å². The number of nitrogens with zero attached hydrogens (tertiary/aromatic N) is 2. The van der Waals surface area contributed by atoms with Gasteiger partial charge in [0.15, 0.2) is 0 Å². The number of anilines is 1. The highest BCUT2D eigenvalue weighted by Gasteiger charge is 2.20. The number of carbonyl (C=O) groups is 1. The van der Waals surface area contributed by atoms with Crippen LogP contribution in [-0.2, 0) is 4.79 Å². The van der Waals surface area contributed by atoms with Crippen LogP contribution < -0.4 is 10.9 Å². The van der Waals surface area contributed by atoms with E-state index in [0.29, 0.717) is 15.2 Å². The van der Waals surface area contributed by atoms with Crippen molar-refractivity contribution < 1.29 is 4.79 Å². The predicted molar refractivity (Wildman–Crippen MR) is 119 cm³/mol. The number of rotatable bonds is 4. The van der Waals surface area contributed by atoms with Gasteiger partial charge in [-0.1, -0.05) is 41.9 Å². The van der Waals surface area contributed by atoms with Crippen LogP contribution in [-0.4, -0.2) is 15.5 Å². The molecule has 146 valence electrons. The number of hydrogen-bond acceptors (Lipinski definition) is 4. The molecule has 0 saturated carbocycles. The van der Waals surface area contributed by atoms with Crippen molar-refractivity contribution in [3.8, 4) is 11.1 Å². The first kappa shape index (κ1) is 19.4. The average Bonchev–Trinajstić information content (AvgIpc) is 3.15. The number of fused-ring (bicyclic) bond motifs is 1. The highest BCUT2D eigenvalue weighted by atomic mass is 35.5. The minimum absolute atomic E-state index is 0.242. The minimum Gasteiger partial charge on any atom is -0.324 e. The maximum atomic E-state index is 13.2. The highest BCUT2D eigenvalue weighted by Crippen LogP contribution is 2.31. The standard InChI is InChI=1S/C22H18ClN3O2S/c1-13-5-3-4-6-18(13)25-20(27)14(2)26-12-24-21-19(22(26)28)17(11-29-21)15-7-9-16(23)10-8-15/h3-12,14H,1-2H3,(H,25,27). The van der Waals surface area contributed by atoms with Crippen molar-refractivity contribution in [2.45, 2.75) is 19.9 Å². The molecule has 29 heavy (non-hydrogen) atoms. The largest absolute Gasteiger partial charge is 0.324 e. The molecule has 4 rings (SSSR count). The van der Waals surface area contributed by atoms with Gasteiger partial charge in [0.2, 0.25) is 5.91 Å². The summed E-state index contributed by atoms with van der Waals surface area (Å²) in [6, 6.07) is 14.1. The van der Waals surface area contributed by atoms with Crippen LogP contribution >= 0.6 is 22.9 Å². The first-order chi connectivity index (χ1) is 14.0. The maximum absolute atomic E-state index is 13.2. The number of hydrogen-bond donors (Lipinski definition) is 1. The van der Waals surface area contributed by atoms with Crippen LogP contribution in [0.5, 0.6) is 0 Å². The van der Waals surface area contributed by atoms with Crippen LogP contribution in [0.4, 0.5) is 5.69 Å². The van der Waals surface area contributed by atoms with Crippen molar-refractivity contribution in [1.82, 2.24) is 9.55 Å². The Balaban J connectivity index is 1.72. The van der Waals surface area contributed by atoms with Gasteiger partial charge >= 0.3 is 0 Å². The van der Waals surface area contributed by atoms with Gasteiger partial charge in [0.1, 0.15) is 10.9 Å². The molecule has 1 N–H and O–H groups in total. The molecule has 0 bridgehead atoms. The lowest BCUT2D eigenvalue weighted by Gasteiger charge is -2.16. The summed E-state index contributed by atoms with van der Waals surface area (Å²) in [5.41, 5.74) is 3.11. The molecule has 0 saturated heterocycles. The van der Waals surface area contributed by atoms with E-state index in [-0.39, 0.29) is 11.5 Å². The van der Waals surface area contributed by atoms with Crippen LogP contribution in [0.25, 0.3) is 21.3 Å². The zero-order chi connectivity index (χ0) is 20.5. The molecular formula is C22H18ClN3O2S. The number of amides is 1. The summed E-state index contributed by atoms with van der Waals surface area (Å²) in [4.78, 5) is 31.1. The van der Waals surface area contributed by atoms with Gasteiger partial charge in [0, 0.05) is 21.7 Å². The summed E-state index contributed by atoms with van der Waals surface area (Å²) < 4.78 is 1.38. The Bertz CT molecular complexity index is 1260. The Kier molecular flexibility index (Phi) is 5.22. The fourth-order valence-corrected chi connectivity index (χ4v) is 4.17. The molecule has 1 amide bonds. The SMILES string of the molecule is Cc1ccccc1NC(=O)C(C)n1cnc2scc(-c3ccc(Cl)cc3)c2c1=O. The molecule has 4 aromatic rings. The second-order valence-electron chi connectivity index (χ2n) is 6.77. The average molecular weight is 424 g/mol. The first-order valence-corrected chi connectivity index (χ1v) is 10.3. The third-order valence-electron chi connectivity index (χ3n) is 4.87. The van der Waals surface area contributed by atoms with Gasteiger partial charge in [-0.05, 0) is 43.2 Å². The Morgan fingerprint density at radius 3 is 2.62 bits per heavy atom. The molecule has 1 atom stereocenters. The summed E-state index contributed by atoms with van der Waals surface area (Å²) in [6.45, 7) is 3.61. The third-order valence-corrected chi connectivity index (χ3v) is 6.01. The van der Waals surface area contributed by atoms with Crippen molar-refractivity contribution in [2.24, 2.45) is 0 Å². The number of para-hydroxylation sites is 1.